The average molecular weight is 268 g/mol. The highest BCUT2D eigenvalue weighted by Crippen LogP contribution is 2.31. The van der Waals surface area contributed by atoms with Gasteiger partial charge in [-0.05, 0) is 31.0 Å². The third-order valence-electron chi connectivity index (χ3n) is 3.59. The molecule has 2 fully saturated rings. The van der Waals surface area contributed by atoms with Crippen LogP contribution in [0.1, 0.15) is 23.2 Å². The monoisotopic (exact) mass is 267 g/mol. The van der Waals surface area contributed by atoms with Crippen LogP contribution in [0.15, 0.2) is 18.2 Å². The maximum absolute atomic E-state index is 10.9. The Hall–Kier alpha value is -1.26. The topological polar surface area (TPSA) is 49.8 Å². The van der Waals surface area contributed by atoms with Gasteiger partial charge in [0.05, 0.1) is 22.8 Å². The summed E-state index contributed by atoms with van der Waals surface area (Å²) in [7, 11) is 0. The van der Waals surface area contributed by atoms with Gasteiger partial charge >= 0.3 is 5.97 Å². The summed E-state index contributed by atoms with van der Waals surface area (Å²) in [5.74, 6) is -0.992. The minimum Gasteiger partial charge on any atom is -0.478 e. The Morgan fingerprint density at radius 1 is 1.33 bits per heavy atom. The van der Waals surface area contributed by atoms with Crippen LogP contribution in [0.25, 0.3) is 0 Å². The van der Waals surface area contributed by atoms with Crippen LogP contribution in [0.4, 0.5) is 5.69 Å². The molecule has 2 unspecified atom stereocenters. The predicted octanol–water partition coefficient (Wildman–Crippen LogP) is 2.41. The van der Waals surface area contributed by atoms with E-state index in [1.165, 1.54) is 0 Å². The fourth-order valence-corrected chi connectivity index (χ4v) is 2.96. The van der Waals surface area contributed by atoms with Crippen molar-refractivity contribution >= 4 is 23.3 Å². The Morgan fingerprint density at radius 3 is 2.56 bits per heavy atom. The average Bonchev–Trinajstić information content (AvgIpc) is 2.67. The molecule has 5 heteroatoms. The van der Waals surface area contributed by atoms with Crippen molar-refractivity contribution in [3.05, 3.63) is 28.8 Å². The molecule has 0 radical (unpaired) electrons. The molecule has 2 aliphatic rings. The summed E-state index contributed by atoms with van der Waals surface area (Å²) in [6.45, 7) is 1.72. The zero-order chi connectivity index (χ0) is 12.7. The Bertz CT molecular complexity index is 479. The van der Waals surface area contributed by atoms with Gasteiger partial charge in [0.25, 0.3) is 0 Å². The number of hydrogen-bond donors (Lipinski definition) is 1. The largest absolute Gasteiger partial charge is 0.478 e. The number of carbonyl (C=O) groups is 1. The number of hydrogen-bond acceptors (Lipinski definition) is 3. The zero-order valence-electron chi connectivity index (χ0n) is 9.80. The molecule has 0 amide bonds. The van der Waals surface area contributed by atoms with Crippen molar-refractivity contribution in [1.82, 2.24) is 0 Å². The van der Waals surface area contributed by atoms with E-state index in [4.69, 9.17) is 21.4 Å². The number of rotatable bonds is 2. The van der Waals surface area contributed by atoms with Crippen molar-refractivity contribution < 1.29 is 14.6 Å². The van der Waals surface area contributed by atoms with Gasteiger partial charge in [-0.25, -0.2) is 4.79 Å². The van der Waals surface area contributed by atoms with Crippen LogP contribution in [0.2, 0.25) is 5.02 Å². The molecule has 0 aromatic heterocycles. The fourth-order valence-electron chi connectivity index (χ4n) is 2.70. The Labute approximate surface area is 110 Å². The summed E-state index contributed by atoms with van der Waals surface area (Å²) in [5, 5.41) is 9.23. The molecule has 2 bridgehead atoms. The molecule has 1 aromatic rings. The van der Waals surface area contributed by atoms with Gasteiger partial charge in [-0.15, -0.1) is 0 Å². The van der Waals surface area contributed by atoms with E-state index in [2.05, 4.69) is 4.90 Å². The number of nitrogens with zero attached hydrogens (tertiary/aromatic N) is 1. The standard InChI is InChI=1S/C13H14ClNO3/c14-12-5-8(1-4-11(12)13(16)17)15-6-9-2-3-10(7-15)18-9/h1,4-5,9-10H,2-3,6-7H2,(H,16,17). The maximum atomic E-state index is 10.9. The number of aromatic carboxylic acids is 1. The molecule has 2 heterocycles. The molecule has 0 spiro atoms. The second kappa shape index (κ2) is 4.44. The first kappa shape index (κ1) is 11.8. The summed E-state index contributed by atoms with van der Waals surface area (Å²) >= 11 is 5.99. The Morgan fingerprint density at radius 2 is 2.00 bits per heavy atom. The third-order valence-corrected chi connectivity index (χ3v) is 3.90. The van der Waals surface area contributed by atoms with Gasteiger partial charge in [-0.1, -0.05) is 11.6 Å². The molecule has 96 valence electrons. The molecule has 1 N–H and O–H groups in total. The highest BCUT2D eigenvalue weighted by Gasteiger charge is 2.33. The van der Waals surface area contributed by atoms with Gasteiger partial charge in [0, 0.05) is 18.8 Å². The molecule has 2 atom stereocenters. The van der Waals surface area contributed by atoms with Crippen LogP contribution >= 0.6 is 11.6 Å². The van der Waals surface area contributed by atoms with E-state index in [1.54, 1.807) is 12.1 Å². The quantitative estimate of drug-likeness (QED) is 0.894. The SMILES string of the molecule is O=C(O)c1ccc(N2CC3CCC(C2)O3)cc1Cl. The lowest BCUT2D eigenvalue weighted by molar-refractivity contribution is 0.0305. The van der Waals surface area contributed by atoms with Gasteiger partial charge in [0.15, 0.2) is 0 Å². The first-order valence-electron chi connectivity index (χ1n) is 6.07. The summed E-state index contributed by atoms with van der Waals surface area (Å²) in [5.41, 5.74) is 1.13. The summed E-state index contributed by atoms with van der Waals surface area (Å²) in [6.07, 6.45) is 2.84. The normalized spacial score (nSPS) is 26.4. The minimum atomic E-state index is -0.992. The van der Waals surface area contributed by atoms with Gasteiger partial charge < -0.3 is 14.7 Å². The molecule has 2 saturated heterocycles. The lowest BCUT2D eigenvalue weighted by atomic mass is 10.1. The molecule has 2 aliphatic heterocycles. The number of anilines is 1. The third kappa shape index (κ3) is 2.06. The van der Waals surface area contributed by atoms with Gasteiger partial charge in [0.1, 0.15) is 0 Å². The van der Waals surface area contributed by atoms with Crippen molar-refractivity contribution in [2.45, 2.75) is 25.0 Å². The number of benzene rings is 1. The number of carboxylic acids is 1. The highest BCUT2D eigenvalue weighted by atomic mass is 35.5. The number of ether oxygens (including phenoxy) is 1. The van der Waals surface area contributed by atoms with Crippen LogP contribution in [0.5, 0.6) is 0 Å². The Balaban J connectivity index is 1.84. The van der Waals surface area contributed by atoms with Crippen molar-refractivity contribution in [1.29, 1.82) is 0 Å². The molecule has 3 rings (SSSR count). The second-order valence-electron chi connectivity index (χ2n) is 4.83. The molecule has 4 nitrogen and oxygen atoms in total. The predicted molar refractivity (Wildman–Crippen MR) is 68.5 cm³/mol. The second-order valence-corrected chi connectivity index (χ2v) is 5.24. The lowest BCUT2D eigenvalue weighted by Crippen LogP contribution is -2.42. The van der Waals surface area contributed by atoms with Gasteiger partial charge in [-0.3, -0.25) is 0 Å². The summed E-state index contributed by atoms with van der Waals surface area (Å²) in [6, 6.07) is 5.12. The van der Waals surface area contributed by atoms with Crippen LogP contribution in [-0.2, 0) is 4.74 Å². The lowest BCUT2D eigenvalue weighted by Gasteiger charge is -2.34. The van der Waals surface area contributed by atoms with E-state index in [9.17, 15) is 4.79 Å². The van der Waals surface area contributed by atoms with E-state index >= 15 is 0 Å². The van der Waals surface area contributed by atoms with Crippen molar-refractivity contribution in [2.24, 2.45) is 0 Å². The molecular weight excluding hydrogens is 254 g/mol. The van der Waals surface area contributed by atoms with Crippen LogP contribution < -0.4 is 4.90 Å². The van der Waals surface area contributed by atoms with E-state index in [0.29, 0.717) is 17.2 Å². The van der Waals surface area contributed by atoms with Crippen LogP contribution in [0, 0.1) is 0 Å². The summed E-state index contributed by atoms with van der Waals surface area (Å²) < 4.78 is 5.77. The number of carboxylic acid groups (broad SMARTS) is 1. The minimum absolute atomic E-state index is 0.150. The van der Waals surface area contributed by atoms with Gasteiger partial charge in [-0.2, -0.15) is 0 Å². The van der Waals surface area contributed by atoms with E-state index in [0.717, 1.165) is 31.6 Å². The molecule has 18 heavy (non-hydrogen) atoms. The number of halogens is 1. The van der Waals surface area contributed by atoms with Crippen molar-refractivity contribution in [2.75, 3.05) is 18.0 Å². The first-order chi connectivity index (χ1) is 8.63. The maximum Gasteiger partial charge on any atom is 0.337 e. The van der Waals surface area contributed by atoms with Crippen LogP contribution in [0.3, 0.4) is 0 Å². The van der Waals surface area contributed by atoms with E-state index in [1.807, 2.05) is 6.07 Å². The number of morpholine rings is 1. The van der Waals surface area contributed by atoms with Crippen molar-refractivity contribution in [3.63, 3.8) is 0 Å². The van der Waals surface area contributed by atoms with E-state index < -0.39 is 5.97 Å². The zero-order valence-corrected chi connectivity index (χ0v) is 10.6. The summed E-state index contributed by atoms with van der Waals surface area (Å²) in [4.78, 5) is 13.1. The molecule has 0 saturated carbocycles. The highest BCUT2D eigenvalue weighted by molar-refractivity contribution is 6.33. The fraction of sp³-hybridized carbons (Fsp3) is 0.462. The molecule has 0 aliphatic carbocycles. The first-order valence-corrected chi connectivity index (χ1v) is 6.44. The Kier molecular flexibility index (Phi) is 2.92. The number of fused-ring (bicyclic) bond motifs is 2. The smallest absolute Gasteiger partial charge is 0.337 e. The van der Waals surface area contributed by atoms with Gasteiger partial charge in [0.2, 0.25) is 0 Å². The molecule has 1 aromatic carbocycles. The molecular formula is C13H14ClNO3. The van der Waals surface area contributed by atoms with E-state index in [-0.39, 0.29) is 5.56 Å². The van der Waals surface area contributed by atoms with Crippen molar-refractivity contribution in [3.8, 4) is 0 Å². The van der Waals surface area contributed by atoms with Crippen LogP contribution in [-0.4, -0.2) is 36.4 Å².